The first-order valence-corrected chi connectivity index (χ1v) is 7.61. The van der Waals surface area contributed by atoms with E-state index in [0.29, 0.717) is 16.9 Å². The number of hydrogen-bond donors (Lipinski definition) is 1. The Morgan fingerprint density at radius 3 is 2.35 bits per heavy atom. The highest BCUT2D eigenvalue weighted by molar-refractivity contribution is 5.81. The number of alkyl halides is 3. The zero-order chi connectivity index (χ0) is 16.2. The summed E-state index contributed by atoms with van der Waals surface area (Å²) in [4.78, 5) is 0. The van der Waals surface area contributed by atoms with Gasteiger partial charge in [-0.25, -0.2) is 0 Å². The van der Waals surface area contributed by atoms with Crippen molar-refractivity contribution >= 4 is 0 Å². The third-order valence-electron chi connectivity index (χ3n) is 4.75. The van der Waals surface area contributed by atoms with Crippen LogP contribution in [0.1, 0.15) is 30.4 Å². The maximum absolute atomic E-state index is 13.7. The molecular weight excluding hydrogens is 305 g/mol. The Hall–Kier alpha value is -2.01. The predicted octanol–water partition coefficient (Wildman–Crippen LogP) is 4.40. The molecule has 2 aliphatic carbocycles. The molecule has 120 valence electrons. The van der Waals surface area contributed by atoms with Gasteiger partial charge in [0.1, 0.15) is 5.75 Å². The van der Waals surface area contributed by atoms with Crippen LogP contribution >= 0.6 is 0 Å². The SMILES string of the molecule is OC1(C(F)(F)F)c2ccccc2-c2ccc(OC3CCC3)cc21. The van der Waals surface area contributed by atoms with E-state index in [4.69, 9.17) is 4.74 Å². The molecule has 0 aliphatic heterocycles. The number of halogens is 3. The van der Waals surface area contributed by atoms with Crippen LogP contribution in [0.15, 0.2) is 42.5 Å². The second-order valence-corrected chi connectivity index (χ2v) is 6.13. The maximum Gasteiger partial charge on any atom is 0.425 e. The molecule has 2 aromatic rings. The topological polar surface area (TPSA) is 29.5 Å². The molecule has 0 saturated heterocycles. The molecule has 0 radical (unpaired) electrons. The molecule has 0 bridgehead atoms. The Bertz CT molecular complexity index is 765. The molecule has 0 aromatic heterocycles. The van der Waals surface area contributed by atoms with Crippen LogP contribution < -0.4 is 4.74 Å². The van der Waals surface area contributed by atoms with E-state index in [1.807, 2.05) is 0 Å². The van der Waals surface area contributed by atoms with Crippen LogP contribution in [0, 0.1) is 0 Å². The molecule has 2 aliphatic rings. The van der Waals surface area contributed by atoms with E-state index in [9.17, 15) is 18.3 Å². The van der Waals surface area contributed by atoms with Gasteiger partial charge in [0.2, 0.25) is 5.60 Å². The smallest absolute Gasteiger partial charge is 0.425 e. The Morgan fingerprint density at radius 1 is 1.00 bits per heavy atom. The summed E-state index contributed by atoms with van der Waals surface area (Å²) in [6.45, 7) is 0. The fourth-order valence-electron chi connectivity index (χ4n) is 3.30. The highest BCUT2D eigenvalue weighted by Crippen LogP contribution is 2.55. The van der Waals surface area contributed by atoms with Gasteiger partial charge in [-0.15, -0.1) is 0 Å². The van der Waals surface area contributed by atoms with Crippen molar-refractivity contribution in [3.8, 4) is 16.9 Å². The molecule has 23 heavy (non-hydrogen) atoms. The van der Waals surface area contributed by atoms with E-state index < -0.39 is 11.8 Å². The molecule has 1 fully saturated rings. The van der Waals surface area contributed by atoms with Gasteiger partial charge < -0.3 is 9.84 Å². The minimum Gasteiger partial charge on any atom is -0.490 e. The normalized spacial score (nSPS) is 23.1. The lowest BCUT2D eigenvalue weighted by Crippen LogP contribution is -2.41. The average molecular weight is 320 g/mol. The molecule has 1 unspecified atom stereocenters. The molecule has 1 N–H and O–H groups in total. The van der Waals surface area contributed by atoms with E-state index in [0.717, 1.165) is 19.3 Å². The van der Waals surface area contributed by atoms with Crippen molar-refractivity contribution < 1.29 is 23.0 Å². The van der Waals surface area contributed by atoms with Crippen LogP contribution in [0.4, 0.5) is 13.2 Å². The van der Waals surface area contributed by atoms with Gasteiger partial charge in [-0.3, -0.25) is 0 Å². The maximum atomic E-state index is 13.7. The average Bonchev–Trinajstić information content (AvgIpc) is 2.74. The number of aliphatic hydroxyl groups is 1. The second kappa shape index (κ2) is 4.74. The Morgan fingerprint density at radius 2 is 1.70 bits per heavy atom. The van der Waals surface area contributed by atoms with Crippen molar-refractivity contribution in [1.29, 1.82) is 0 Å². The van der Waals surface area contributed by atoms with Gasteiger partial charge in [0, 0.05) is 11.1 Å². The molecule has 0 heterocycles. The number of ether oxygens (including phenoxy) is 1. The van der Waals surface area contributed by atoms with Gasteiger partial charge in [0.25, 0.3) is 0 Å². The van der Waals surface area contributed by atoms with E-state index in [-0.39, 0.29) is 17.2 Å². The van der Waals surface area contributed by atoms with Crippen molar-refractivity contribution in [3.05, 3.63) is 53.6 Å². The first kappa shape index (κ1) is 14.6. The lowest BCUT2D eigenvalue weighted by atomic mass is 9.90. The largest absolute Gasteiger partial charge is 0.490 e. The monoisotopic (exact) mass is 320 g/mol. The number of fused-ring (bicyclic) bond motifs is 3. The Balaban J connectivity index is 1.87. The summed E-state index contributed by atoms with van der Waals surface area (Å²) < 4.78 is 46.8. The zero-order valence-electron chi connectivity index (χ0n) is 12.2. The van der Waals surface area contributed by atoms with Gasteiger partial charge in [0.05, 0.1) is 6.10 Å². The summed E-state index contributed by atoms with van der Waals surface area (Å²) in [5.74, 6) is 0.379. The van der Waals surface area contributed by atoms with Crippen molar-refractivity contribution in [2.24, 2.45) is 0 Å². The lowest BCUT2D eigenvalue weighted by Gasteiger charge is -2.30. The van der Waals surface area contributed by atoms with Crippen LogP contribution in [-0.4, -0.2) is 17.4 Å². The highest BCUT2D eigenvalue weighted by atomic mass is 19.4. The molecule has 2 aromatic carbocycles. The summed E-state index contributed by atoms with van der Waals surface area (Å²) in [7, 11) is 0. The minimum atomic E-state index is -4.80. The molecular formula is C18H15F3O2. The Kier molecular flexibility index (Phi) is 3.00. The molecule has 1 saturated carbocycles. The summed E-state index contributed by atoms with van der Waals surface area (Å²) in [5, 5.41) is 10.6. The third kappa shape index (κ3) is 1.99. The first-order valence-electron chi connectivity index (χ1n) is 7.61. The summed E-state index contributed by atoms with van der Waals surface area (Å²) in [6.07, 6.45) is -1.82. The van der Waals surface area contributed by atoms with Gasteiger partial charge in [-0.2, -0.15) is 13.2 Å². The summed E-state index contributed by atoms with van der Waals surface area (Å²) in [5.41, 5.74) is -2.44. The van der Waals surface area contributed by atoms with Gasteiger partial charge in [-0.1, -0.05) is 30.3 Å². The van der Waals surface area contributed by atoms with Crippen molar-refractivity contribution in [2.75, 3.05) is 0 Å². The van der Waals surface area contributed by atoms with E-state index in [1.165, 1.54) is 18.2 Å². The summed E-state index contributed by atoms with van der Waals surface area (Å²) in [6, 6.07) is 10.7. The van der Waals surface area contributed by atoms with Crippen LogP contribution in [0.2, 0.25) is 0 Å². The predicted molar refractivity (Wildman–Crippen MR) is 79.2 cm³/mol. The number of benzene rings is 2. The van der Waals surface area contributed by atoms with Gasteiger partial charge in [0.15, 0.2) is 0 Å². The summed E-state index contributed by atoms with van der Waals surface area (Å²) >= 11 is 0. The van der Waals surface area contributed by atoms with Crippen LogP contribution in [0.3, 0.4) is 0 Å². The molecule has 5 heteroatoms. The van der Waals surface area contributed by atoms with Crippen molar-refractivity contribution in [1.82, 2.24) is 0 Å². The van der Waals surface area contributed by atoms with Crippen LogP contribution in [0.5, 0.6) is 5.75 Å². The molecule has 2 nitrogen and oxygen atoms in total. The fourth-order valence-corrected chi connectivity index (χ4v) is 3.30. The zero-order valence-corrected chi connectivity index (χ0v) is 12.2. The molecule has 4 rings (SSSR count). The minimum absolute atomic E-state index is 0.0656. The fraction of sp³-hybridized carbons (Fsp3) is 0.333. The van der Waals surface area contributed by atoms with Crippen molar-refractivity contribution in [2.45, 2.75) is 37.1 Å². The van der Waals surface area contributed by atoms with Crippen LogP contribution in [-0.2, 0) is 5.60 Å². The molecule has 0 spiro atoms. The third-order valence-corrected chi connectivity index (χ3v) is 4.75. The number of hydrogen-bond acceptors (Lipinski definition) is 2. The second-order valence-electron chi connectivity index (χ2n) is 6.13. The van der Waals surface area contributed by atoms with E-state index in [2.05, 4.69) is 0 Å². The quantitative estimate of drug-likeness (QED) is 0.889. The van der Waals surface area contributed by atoms with Crippen molar-refractivity contribution in [3.63, 3.8) is 0 Å². The van der Waals surface area contributed by atoms with Gasteiger partial charge >= 0.3 is 6.18 Å². The Labute approximate surface area is 131 Å². The molecule has 1 atom stereocenters. The standard InChI is InChI=1S/C18H15F3O2/c19-18(20,21)17(22)15-7-2-1-6-13(15)14-9-8-12(10-16(14)17)23-11-4-3-5-11/h1-2,6-11,22H,3-5H2. The van der Waals surface area contributed by atoms with E-state index in [1.54, 1.807) is 24.3 Å². The van der Waals surface area contributed by atoms with Gasteiger partial charge in [-0.05, 0) is 42.5 Å². The lowest BCUT2D eigenvalue weighted by molar-refractivity contribution is -0.246. The number of rotatable bonds is 2. The van der Waals surface area contributed by atoms with E-state index >= 15 is 0 Å². The molecule has 0 amide bonds. The first-order chi connectivity index (χ1) is 10.9. The highest BCUT2D eigenvalue weighted by Gasteiger charge is 2.60. The van der Waals surface area contributed by atoms with Crippen LogP contribution in [0.25, 0.3) is 11.1 Å².